The normalized spacial score (nSPS) is 18.1. The van der Waals surface area contributed by atoms with Crippen LogP contribution in [0.2, 0.25) is 0 Å². The summed E-state index contributed by atoms with van der Waals surface area (Å²) in [6, 6.07) is 9.30. The van der Waals surface area contributed by atoms with E-state index < -0.39 is 0 Å². The molecule has 1 aliphatic carbocycles. The lowest BCUT2D eigenvalue weighted by Gasteiger charge is -2.26. The fourth-order valence-corrected chi connectivity index (χ4v) is 4.92. The van der Waals surface area contributed by atoms with E-state index in [2.05, 4.69) is 56.2 Å². The van der Waals surface area contributed by atoms with Crippen LogP contribution in [-0.4, -0.2) is 39.2 Å². The van der Waals surface area contributed by atoms with E-state index in [4.69, 9.17) is 0 Å². The van der Waals surface area contributed by atoms with E-state index in [1.807, 2.05) is 12.4 Å². The fraction of sp³-hybridized carbons (Fsp3) is 0.440. The van der Waals surface area contributed by atoms with Crippen molar-refractivity contribution in [1.29, 1.82) is 0 Å². The molecule has 0 bridgehead atoms. The molecule has 2 aromatic heterocycles. The number of H-pyrrole nitrogens is 1. The van der Waals surface area contributed by atoms with Gasteiger partial charge in [-0.2, -0.15) is 5.10 Å². The molecule has 5 rings (SSSR count). The van der Waals surface area contributed by atoms with Gasteiger partial charge in [0, 0.05) is 35.9 Å². The number of pyridine rings is 1. The van der Waals surface area contributed by atoms with Gasteiger partial charge < -0.3 is 5.32 Å². The second-order valence-electron chi connectivity index (χ2n) is 8.86. The smallest absolute Gasteiger partial charge is 0.115 e. The molecule has 5 heteroatoms. The van der Waals surface area contributed by atoms with Gasteiger partial charge in [-0.25, -0.2) is 0 Å². The highest BCUT2D eigenvalue weighted by Crippen LogP contribution is 2.29. The minimum absolute atomic E-state index is 0.531. The minimum Gasteiger partial charge on any atom is -0.381 e. The van der Waals surface area contributed by atoms with E-state index in [1.54, 1.807) is 0 Å². The van der Waals surface area contributed by atoms with Crippen molar-refractivity contribution < 1.29 is 0 Å². The van der Waals surface area contributed by atoms with E-state index in [1.165, 1.54) is 69.2 Å². The highest BCUT2D eigenvalue weighted by molar-refractivity contribution is 5.92. The molecule has 1 aromatic carbocycles. The summed E-state index contributed by atoms with van der Waals surface area (Å²) in [5.41, 5.74) is 6.51. The summed E-state index contributed by atoms with van der Waals surface area (Å²) in [6.07, 6.45) is 13.0. The molecule has 1 saturated heterocycles. The summed E-state index contributed by atoms with van der Waals surface area (Å²) in [4.78, 5) is 7.08. The molecular formula is C25H31N5. The molecule has 3 aromatic rings. The fourth-order valence-electron chi connectivity index (χ4n) is 4.92. The molecular weight excluding hydrogens is 370 g/mol. The van der Waals surface area contributed by atoms with Crippen LogP contribution in [0.3, 0.4) is 0 Å². The number of rotatable bonds is 6. The van der Waals surface area contributed by atoms with Crippen LogP contribution in [0.15, 0.2) is 43.2 Å². The topological polar surface area (TPSA) is 56.8 Å². The number of aromatic nitrogens is 3. The van der Waals surface area contributed by atoms with Gasteiger partial charge in [-0.1, -0.05) is 31.9 Å². The average molecular weight is 402 g/mol. The van der Waals surface area contributed by atoms with Gasteiger partial charge in [-0.05, 0) is 68.1 Å². The summed E-state index contributed by atoms with van der Waals surface area (Å²) >= 11 is 0. The van der Waals surface area contributed by atoms with E-state index >= 15 is 0 Å². The van der Waals surface area contributed by atoms with Crippen LogP contribution in [0.4, 0.5) is 0 Å². The molecule has 2 N–H and O–H groups in total. The lowest BCUT2D eigenvalue weighted by atomic mass is 10.0. The Kier molecular flexibility index (Phi) is 5.54. The first-order chi connectivity index (χ1) is 14.8. The average Bonchev–Trinajstić information content (AvgIpc) is 3.44. The van der Waals surface area contributed by atoms with Crippen molar-refractivity contribution in [3.63, 3.8) is 0 Å². The molecule has 1 aliphatic heterocycles. The van der Waals surface area contributed by atoms with Gasteiger partial charge in [0.1, 0.15) is 5.69 Å². The zero-order valence-electron chi connectivity index (χ0n) is 17.7. The van der Waals surface area contributed by atoms with E-state index in [9.17, 15) is 0 Å². The highest BCUT2D eigenvalue weighted by atomic mass is 15.1. The summed E-state index contributed by atoms with van der Waals surface area (Å²) in [6.45, 7) is 7.67. The molecule has 0 spiro atoms. The Morgan fingerprint density at radius 3 is 2.70 bits per heavy atom. The van der Waals surface area contributed by atoms with Crippen molar-refractivity contribution in [3.05, 3.63) is 54.5 Å². The predicted octanol–water partition coefficient (Wildman–Crippen LogP) is 5.11. The molecule has 0 amide bonds. The molecule has 0 radical (unpaired) electrons. The first-order valence-corrected chi connectivity index (χ1v) is 11.4. The number of nitrogens with one attached hydrogen (secondary N) is 2. The first-order valence-electron chi connectivity index (χ1n) is 11.4. The summed E-state index contributed by atoms with van der Waals surface area (Å²) in [7, 11) is 0. The van der Waals surface area contributed by atoms with Crippen LogP contribution in [-0.2, 0) is 6.54 Å². The molecule has 0 unspecified atom stereocenters. The lowest BCUT2D eigenvalue weighted by Crippen LogP contribution is -2.29. The largest absolute Gasteiger partial charge is 0.381 e. The van der Waals surface area contributed by atoms with Gasteiger partial charge in [0.2, 0.25) is 0 Å². The monoisotopic (exact) mass is 401 g/mol. The minimum atomic E-state index is 0.531. The Hall–Kier alpha value is -2.66. The maximum absolute atomic E-state index is 4.56. The predicted molar refractivity (Wildman–Crippen MR) is 123 cm³/mol. The maximum atomic E-state index is 4.56. The van der Waals surface area contributed by atoms with Gasteiger partial charge in [0.05, 0.1) is 11.2 Å². The van der Waals surface area contributed by atoms with Crippen molar-refractivity contribution in [2.45, 2.75) is 57.5 Å². The van der Waals surface area contributed by atoms with Gasteiger partial charge in [-0.3, -0.25) is 15.0 Å². The van der Waals surface area contributed by atoms with Crippen LogP contribution < -0.4 is 5.32 Å². The Morgan fingerprint density at radius 2 is 1.87 bits per heavy atom. The lowest BCUT2D eigenvalue weighted by molar-refractivity contribution is 0.220. The number of fused-ring (bicyclic) bond motifs is 1. The van der Waals surface area contributed by atoms with Crippen LogP contribution in [0, 0.1) is 0 Å². The SMILES string of the molecule is C=C(NC1CCCC1)c1n[nH]c2ccc(-c3cncc(CN4CCCCC4)c3)cc12. The van der Waals surface area contributed by atoms with E-state index in [-0.39, 0.29) is 0 Å². The Morgan fingerprint density at radius 1 is 1.03 bits per heavy atom. The van der Waals surface area contributed by atoms with E-state index in [0.29, 0.717) is 6.04 Å². The molecule has 30 heavy (non-hydrogen) atoms. The zero-order chi connectivity index (χ0) is 20.3. The van der Waals surface area contributed by atoms with Gasteiger partial charge in [0.15, 0.2) is 0 Å². The van der Waals surface area contributed by atoms with Gasteiger partial charge in [0.25, 0.3) is 0 Å². The van der Waals surface area contributed by atoms with Crippen LogP contribution in [0.1, 0.15) is 56.2 Å². The van der Waals surface area contributed by atoms with E-state index in [0.717, 1.165) is 34.4 Å². The van der Waals surface area contributed by atoms with Gasteiger partial charge in [-0.15, -0.1) is 0 Å². The van der Waals surface area contributed by atoms with Crippen molar-refractivity contribution in [2.75, 3.05) is 13.1 Å². The maximum Gasteiger partial charge on any atom is 0.115 e. The second-order valence-corrected chi connectivity index (χ2v) is 8.86. The molecule has 2 fully saturated rings. The third-order valence-corrected chi connectivity index (χ3v) is 6.57. The third kappa shape index (κ3) is 4.12. The molecule has 156 valence electrons. The third-order valence-electron chi connectivity index (χ3n) is 6.57. The number of hydrogen-bond donors (Lipinski definition) is 2. The molecule has 3 heterocycles. The quantitative estimate of drug-likeness (QED) is 0.602. The molecule has 5 nitrogen and oxygen atoms in total. The Bertz CT molecular complexity index is 1020. The van der Waals surface area contributed by atoms with Gasteiger partial charge >= 0.3 is 0 Å². The van der Waals surface area contributed by atoms with Crippen molar-refractivity contribution in [2.24, 2.45) is 0 Å². The van der Waals surface area contributed by atoms with Crippen molar-refractivity contribution >= 4 is 16.6 Å². The number of nitrogens with zero attached hydrogens (tertiary/aromatic N) is 3. The van der Waals surface area contributed by atoms with Crippen LogP contribution in [0.25, 0.3) is 27.7 Å². The first kappa shape index (κ1) is 19.3. The molecule has 0 atom stereocenters. The Labute approximate surface area is 178 Å². The second kappa shape index (κ2) is 8.60. The number of hydrogen-bond acceptors (Lipinski definition) is 4. The number of benzene rings is 1. The highest BCUT2D eigenvalue weighted by Gasteiger charge is 2.18. The summed E-state index contributed by atoms with van der Waals surface area (Å²) < 4.78 is 0. The summed E-state index contributed by atoms with van der Waals surface area (Å²) in [5.74, 6) is 0. The Balaban J connectivity index is 1.39. The standard InChI is InChI=1S/C25H31N5/c1-18(27-22-7-3-4-8-22)25-23-14-20(9-10-24(23)28-29-25)21-13-19(15-26-16-21)17-30-11-5-2-6-12-30/h9-10,13-16,22,27H,1-8,11-12,17H2,(H,28,29). The number of piperidine rings is 1. The zero-order valence-corrected chi connectivity index (χ0v) is 17.7. The van der Waals surface area contributed by atoms with Crippen LogP contribution in [0.5, 0.6) is 0 Å². The van der Waals surface area contributed by atoms with Crippen molar-refractivity contribution in [1.82, 2.24) is 25.4 Å². The molecule has 1 saturated carbocycles. The summed E-state index contributed by atoms with van der Waals surface area (Å²) in [5, 5.41) is 12.4. The molecule has 2 aliphatic rings. The number of aromatic amines is 1. The number of likely N-dealkylation sites (tertiary alicyclic amines) is 1. The van der Waals surface area contributed by atoms with Crippen molar-refractivity contribution in [3.8, 4) is 11.1 Å². The van der Waals surface area contributed by atoms with Crippen LogP contribution >= 0.6 is 0 Å².